The Balaban J connectivity index is 2.36. The van der Waals surface area contributed by atoms with Crippen LogP contribution in [0, 0.1) is 21.4 Å². The second-order valence-electron chi connectivity index (χ2n) is 3.80. The molecule has 94 valence electrons. The summed E-state index contributed by atoms with van der Waals surface area (Å²) in [7, 11) is 0. The molecule has 1 saturated heterocycles. The molecule has 0 bridgehead atoms. The second-order valence-corrected chi connectivity index (χ2v) is 4.21. The molecule has 1 aliphatic rings. The molecule has 0 aliphatic carbocycles. The van der Waals surface area contributed by atoms with Gasteiger partial charge >= 0.3 is 5.69 Å². The van der Waals surface area contributed by atoms with Gasteiger partial charge in [0.25, 0.3) is 0 Å². The van der Waals surface area contributed by atoms with E-state index in [0.29, 0.717) is 25.4 Å². The zero-order valence-corrected chi connectivity index (χ0v) is 10.1. The average Bonchev–Trinajstić information content (AvgIpc) is 2.38. The van der Waals surface area contributed by atoms with Gasteiger partial charge in [0, 0.05) is 6.54 Å². The van der Waals surface area contributed by atoms with Crippen LogP contribution in [0.1, 0.15) is 0 Å². The smallest absolute Gasteiger partial charge is 0.310 e. The lowest BCUT2D eigenvalue weighted by molar-refractivity contribution is -0.384. The Kier molecular flexibility index (Phi) is 3.65. The van der Waals surface area contributed by atoms with Gasteiger partial charge in [0.1, 0.15) is 10.7 Å². The lowest BCUT2D eigenvalue weighted by Crippen LogP contribution is -2.42. The minimum atomic E-state index is -0.572. The van der Waals surface area contributed by atoms with Gasteiger partial charge in [0.2, 0.25) is 0 Å². The molecule has 0 saturated carbocycles. The molecule has 1 aliphatic heterocycles. The highest BCUT2D eigenvalue weighted by atomic mass is 35.5. The summed E-state index contributed by atoms with van der Waals surface area (Å²) in [6.07, 6.45) is -0.572. The number of nitro benzene ring substituents is 1. The van der Waals surface area contributed by atoms with Crippen molar-refractivity contribution in [2.75, 3.05) is 24.6 Å². The van der Waals surface area contributed by atoms with Crippen LogP contribution >= 0.6 is 11.6 Å². The van der Waals surface area contributed by atoms with Crippen LogP contribution in [0.25, 0.3) is 0 Å². The van der Waals surface area contributed by atoms with Gasteiger partial charge in [-0.05, 0) is 12.1 Å². The van der Waals surface area contributed by atoms with Crippen LogP contribution in [0.4, 0.5) is 11.4 Å². The van der Waals surface area contributed by atoms with E-state index in [1.807, 2.05) is 6.07 Å². The predicted octanol–water partition coefficient (Wildman–Crippen LogP) is 1.98. The summed E-state index contributed by atoms with van der Waals surface area (Å²) in [5, 5.41) is 20.0. The summed E-state index contributed by atoms with van der Waals surface area (Å²) in [5.41, 5.74) is 0.300. The second kappa shape index (κ2) is 5.21. The lowest BCUT2D eigenvalue weighted by Gasteiger charge is -2.31. The number of rotatable bonds is 2. The molecule has 2 rings (SSSR count). The Labute approximate surface area is 108 Å². The van der Waals surface area contributed by atoms with Crippen LogP contribution in [0.3, 0.4) is 0 Å². The molecule has 18 heavy (non-hydrogen) atoms. The van der Waals surface area contributed by atoms with E-state index in [-0.39, 0.29) is 10.7 Å². The first-order valence-electron chi connectivity index (χ1n) is 5.32. The molecule has 0 radical (unpaired) electrons. The van der Waals surface area contributed by atoms with Crippen molar-refractivity contribution in [3.8, 4) is 6.07 Å². The standard InChI is InChI=1S/C11H10ClN3O3/c12-9-2-1-3-10(11(9)15(16)17)14-4-5-18-8(6-13)7-14/h1-3,8H,4-5,7H2. The molecule has 1 unspecified atom stereocenters. The van der Waals surface area contributed by atoms with Gasteiger partial charge in [-0.25, -0.2) is 0 Å². The van der Waals surface area contributed by atoms with E-state index in [1.165, 1.54) is 6.07 Å². The largest absolute Gasteiger partial charge is 0.360 e. The van der Waals surface area contributed by atoms with Crippen LogP contribution in [0.5, 0.6) is 0 Å². The molecule has 0 N–H and O–H groups in total. The van der Waals surface area contributed by atoms with E-state index < -0.39 is 11.0 Å². The van der Waals surface area contributed by atoms with Crippen molar-refractivity contribution >= 4 is 23.0 Å². The molecule has 1 fully saturated rings. The number of nitrogens with zero attached hydrogens (tertiary/aromatic N) is 3. The summed E-state index contributed by atoms with van der Waals surface area (Å²) in [5.74, 6) is 0. The van der Waals surface area contributed by atoms with Crippen LogP contribution in [-0.4, -0.2) is 30.7 Å². The maximum Gasteiger partial charge on any atom is 0.310 e. The van der Waals surface area contributed by atoms with E-state index in [1.54, 1.807) is 17.0 Å². The van der Waals surface area contributed by atoms with Crippen molar-refractivity contribution in [1.29, 1.82) is 5.26 Å². The first kappa shape index (κ1) is 12.6. The molecule has 0 aromatic heterocycles. The van der Waals surface area contributed by atoms with Crippen molar-refractivity contribution in [2.45, 2.75) is 6.10 Å². The summed E-state index contributed by atoms with van der Waals surface area (Å²) in [6, 6.07) is 6.76. The molecule has 1 aromatic rings. The molecular weight excluding hydrogens is 258 g/mol. The third kappa shape index (κ3) is 2.37. The molecule has 6 nitrogen and oxygen atoms in total. The number of anilines is 1. The number of morpholine rings is 1. The van der Waals surface area contributed by atoms with Crippen molar-refractivity contribution in [3.63, 3.8) is 0 Å². The fourth-order valence-corrected chi connectivity index (χ4v) is 2.12. The van der Waals surface area contributed by atoms with Gasteiger partial charge in [0.15, 0.2) is 6.10 Å². The van der Waals surface area contributed by atoms with E-state index >= 15 is 0 Å². The van der Waals surface area contributed by atoms with Gasteiger partial charge in [-0.1, -0.05) is 17.7 Å². The van der Waals surface area contributed by atoms with Crippen LogP contribution < -0.4 is 4.90 Å². The Bertz CT molecular complexity index is 515. The maximum atomic E-state index is 11.0. The van der Waals surface area contributed by atoms with Crippen LogP contribution in [0.2, 0.25) is 5.02 Å². The number of halogens is 1. The minimum absolute atomic E-state index is 0.0949. The molecule has 1 heterocycles. The Morgan fingerprint density at radius 2 is 2.39 bits per heavy atom. The Hall–Kier alpha value is -1.84. The van der Waals surface area contributed by atoms with Crippen LogP contribution in [-0.2, 0) is 4.74 Å². The highest BCUT2D eigenvalue weighted by molar-refractivity contribution is 6.33. The average molecular weight is 268 g/mol. The Morgan fingerprint density at radius 3 is 3.06 bits per heavy atom. The molecule has 0 amide bonds. The SMILES string of the molecule is N#CC1CN(c2cccc(Cl)c2[N+](=O)[O-])CCO1. The summed E-state index contributed by atoms with van der Waals surface area (Å²) >= 11 is 5.85. The van der Waals surface area contributed by atoms with Gasteiger partial charge in [-0.15, -0.1) is 0 Å². The zero-order valence-electron chi connectivity index (χ0n) is 9.38. The highest BCUT2D eigenvalue weighted by Gasteiger charge is 2.27. The van der Waals surface area contributed by atoms with Gasteiger partial charge < -0.3 is 9.64 Å². The normalized spacial score (nSPS) is 19.3. The minimum Gasteiger partial charge on any atom is -0.360 e. The van der Waals surface area contributed by atoms with Gasteiger partial charge in [-0.2, -0.15) is 5.26 Å². The quantitative estimate of drug-likeness (QED) is 0.605. The van der Waals surface area contributed by atoms with E-state index in [2.05, 4.69) is 0 Å². The number of hydrogen-bond acceptors (Lipinski definition) is 5. The van der Waals surface area contributed by atoms with Gasteiger partial charge in [0.05, 0.1) is 24.1 Å². The number of hydrogen-bond donors (Lipinski definition) is 0. The number of benzene rings is 1. The summed E-state index contributed by atoms with van der Waals surface area (Å²) in [4.78, 5) is 12.3. The van der Waals surface area contributed by atoms with Crippen molar-refractivity contribution in [1.82, 2.24) is 0 Å². The third-order valence-corrected chi connectivity index (χ3v) is 3.00. The number of para-hydroxylation sites is 1. The lowest BCUT2D eigenvalue weighted by atomic mass is 10.2. The number of ether oxygens (including phenoxy) is 1. The van der Waals surface area contributed by atoms with Crippen LogP contribution in [0.15, 0.2) is 18.2 Å². The maximum absolute atomic E-state index is 11.0. The number of nitro groups is 1. The Morgan fingerprint density at radius 1 is 1.61 bits per heavy atom. The fourth-order valence-electron chi connectivity index (χ4n) is 1.89. The third-order valence-electron chi connectivity index (χ3n) is 2.70. The number of nitriles is 1. The van der Waals surface area contributed by atoms with E-state index in [4.69, 9.17) is 21.6 Å². The van der Waals surface area contributed by atoms with E-state index in [0.717, 1.165) is 0 Å². The van der Waals surface area contributed by atoms with E-state index in [9.17, 15) is 10.1 Å². The molecular formula is C11H10ClN3O3. The molecule has 1 atom stereocenters. The molecule has 7 heteroatoms. The monoisotopic (exact) mass is 267 g/mol. The summed E-state index contributed by atoms with van der Waals surface area (Å²) in [6.45, 7) is 1.17. The van der Waals surface area contributed by atoms with Crippen molar-refractivity contribution in [2.24, 2.45) is 0 Å². The van der Waals surface area contributed by atoms with Crippen molar-refractivity contribution < 1.29 is 9.66 Å². The first-order chi connectivity index (χ1) is 8.63. The molecule has 0 spiro atoms. The van der Waals surface area contributed by atoms with Crippen molar-refractivity contribution in [3.05, 3.63) is 33.3 Å². The topological polar surface area (TPSA) is 79.4 Å². The summed E-state index contributed by atoms with van der Waals surface area (Å²) < 4.78 is 5.20. The predicted molar refractivity (Wildman–Crippen MR) is 65.7 cm³/mol. The molecule has 1 aromatic carbocycles. The zero-order chi connectivity index (χ0) is 13.1. The fraction of sp³-hybridized carbons (Fsp3) is 0.364. The highest BCUT2D eigenvalue weighted by Crippen LogP contribution is 2.35. The first-order valence-corrected chi connectivity index (χ1v) is 5.70. The van der Waals surface area contributed by atoms with Gasteiger partial charge in [-0.3, -0.25) is 10.1 Å².